The maximum Gasteiger partial charge on any atom is 0.297 e. The van der Waals surface area contributed by atoms with Crippen molar-refractivity contribution in [3.8, 4) is 0 Å². The Hall–Kier alpha value is -1.79. The van der Waals surface area contributed by atoms with Gasteiger partial charge in [-0.15, -0.1) is 0 Å². The van der Waals surface area contributed by atoms with Gasteiger partial charge >= 0.3 is 0 Å². The number of rotatable bonds is 6. The van der Waals surface area contributed by atoms with Crippen molar-refractivity contribution in [3.63, 3.8) is 0 Å². The third-order valence-corrected chi connectivity index (χ3v) is 4.64. The fourth-order valence-electron chi connectivity index (χ4n) is 1.96. The molecule has 1 heterocycles. The van der Waals surface area contributed by atoms with E-state index in [1.165, 1.54) is 10.4 Å². The topological polar surface area (TPSA) is 62.6 Å². The molecule has 0 spiro atoms. The van der Waals surface area contributed by atoms with Crippen LogP contribution in [0.1, 0.15) is 12.7 Å². The predicted octanol–water partition coefficient (Wildman–Crippen LogP) is 2.21. The lowest BCUT2D eigenvalue weighted by molar-refractivity contribution is 0.406. The van der Waals surface area contributed by atoms with E-state index in [1.807, 2.05) is 18.2 Å². The molecule has 0 amide bonds. The predicted molar refractivity (Wildman–Crippen MR) is 78.1 cm³/mol. The summed E-state index contributed by atoms with van der Waals surface area (Å²) < 4.78 is 31.9. The molecule has 0 aliphatic rings. The fraction of sp³-hybridized carbons (Fsp3) is 0.286. The standard InChI is InChI=1S/C14H18N2O3S/c1-3-16(12-7-5-4-6-8-12)20(17,18)14-10-9-13(19-14)11-15-2/h4-10,15H,3,11H2,1-2H3. The molecule has 2 aromatic rings. The molecular weight excluding hydrogens is 276 g/mol. The van der Waals surface area contributed by atoms with Gasteiger partial charge in [-0.25, -0.2) is 0 Å². The number of sulfonamides is 1. The summed E-state index contributed by atoms with van der Waals surface area (Å²) in [7, 11) is -1.89. The minimum Gasteiger partial charge on any atom is -0.446 e. The molecule has 0 saturated carbocycles. The second kappa shape index (κ2) is 6.11. The largest absolute Gasteiger partial charge is 0.446 e. The Morgan fingerprint density at radius 2 is 1.85 bits per heavy atom. The van der Waals surface area contributed by atoms with Crippen molar-refractivity contribution in [2.24, 2.45) is 0 Å². The number of nitrogens with one attached hydrogen (secondary N) is 1. The van der Waals surface area contributed by atoms with Gasteiger partial charge in [0.25, 0.3) is 10.0 Å². The normalized spacial score (nSPS) is 11.5. The van der Waals surface area contributed by atoms with Crippen molar-refractivity contribution < 1.29 is 12.8 Å². The maximum atomic E-state index is 12.6. The van der Waals surface area contributed by atoms with E-state index in [0.717, 1.165) is 0 Å². The van der Waals surface area contributed by atoms with Crippen LogP contribution in [0.25, 0.3) is 0 Å². The average molecular weight is 294 g/mol. The van der Waals surface area contributed by atoms with E-state index in [0.29, 0.717) is 24.5 Å². The summed E-state index contributed by atoms with van der Waals surface area (Å²) in [4.78, 5) is 0. The van der Waals surface area contributed by atoms with E-state index in [9.17, 15) is 8.42 Å². The fourth-order valence-corrected chi connectivity index (χ4v) is 3.37. The zero-order valence-electron chi connectivity index (χ0n) is 11.5. The Bertz CT molecular complexity index is 650. The molecule has 0 unspecified atom stereocenters. The van der Waals surface area contributed by atoms with Crippen LogP contribution in [-0.2, 0) is 16.6 Å². The van der Waals surface area contributed by atoms with Crippen LogP contribution in [0.15, 0.2) is 52.0 Å². The summed E-state index contributed by atoms with van der Waals surface area (Å²) in [5, 5.41) is 2.89. The van der Waals surface area contributed by atoms with Crippen molar-refractivity contribution in [3.05, 3.63) is 48.2 Å². The van der Waals surface area contributed by atoms with E-state index in [4.69, 9.17) is 4.42 Å². The highest BCUT2D eigenvalue weighted by Crippen LogP contribution is 2.24. The van der Waals surface area contributed by atoms with Crippen molar-refractivity contribution in [2.45, 2.75) is 18.6 Å². The number of hydrogen-bond donors (Lipinski definition) is 1. The Labute approximate surface area is 119 Å². The molecule has 0 aliphatic heterocycles. The molecule has 1 aromatic carbocycles. The van der Waals surface area contributed by atoms with E-state index >= 15 is 0 Å². The molecule has 6 heteroatoms. The average Bonchev–Trinajstić information content (AvgIpc) is 2.90. The molecule has 1 aromatic heterocycles. The van der Waals surface area contributed by atoms with Crippen LogP contribution >= 0.6 is 0 Å². The minimum absolute atomic E-state index is 0.0338. The van der Waals surface area contributed by atoms with E-state index in [1.54, 1.807) is 32.2 Å². The Balaban J connectivity index is 2.36. The molecule has 0 fully saturated rings. The molecular formula is C14H18N2O3S. The molecule has 0 bridgehead atoms. The van der Waals surface area contributed by atoms with Gasteiger partial charge < -0.3 is 9.73 Å². The van der Waals surface area contributed by atoms with Gasteiger partial charge in [0.15, 0.2) is 0 Å². The smallest absolute Gasteiger partial charge is 0.297 e. The summed E-state index contributed by atoms with van der Waals surface area (Å²) in [6.45, 7) is 2.63. The summed E-state index contributed by atoms with van der Waals surface area (Å²) in [6, 6.07) is 12.2. The molecule has 108 valence electrons. The number of para-hydroxylation sites is 1. The maximum absolute atomic E-state index is 12.6. The number of benzene rings is 1. The third kappa shape index (κ3) is 2.86. The van der Waals surface area contributed by atoms with Gasteiger partial charge in [-0.2, -0.15) is 8.42 Å². The van der Waals surface area contributed by atoms with E-state index in [2.05, 4.69) is 5.32 Å². The van der Waals surface area contributed by atoms with Crippen LogP contribution in [0.2, 0.25) is 0 Å². The van der Waals surface area contributed by atoms with Crippen molar-refractivity contribution in [2.75, 3.05) is 17.9 Å². The van der Waals surface area contributed by atoms with Gasteiger partial charge in [-0.3, -0.25) is 4.31 Å². The number of anilines is 1. The highest BCUT2D eigenvalue weighted by atomic mass is 32.2. The monoisotopic (exact) mass is 294 g/mol. The lowest BCUT2D eigenvalue weighted by Crippen LogP contribution is -2.30. The summed E-state index contributed by atoms with van der Waals surface area (Å²) in [5.41, 5.74) is 0.626. The van der Waals surface area contributed by atoms with Crippen LogP contribution in [-0.4, -0.2) is 22.0 Å². The van der Waals surface area contributed by atoms with Gasteiger partial charge in [0.1, 0.15) is 5.76 Å². The Morgan fingerprint density at radius 1 is 1.15 bits per heavy atom. The first-order chi connectivity index (χ1) is 9.59. The first-order valence-electron chi connectivity index (χ1n) is 6.40. The second-order valence-electron chi connectivity index (χ2n) is 4.26. The Morgan fingerprint density at radius 3 is 2.45 bits per heavy atom. The van der Waals surface area contributed by atoms with E-state index < -0.39 is 10.0 Å². The van der Waals surface area contributed by atoms with Crippen molar-refractivity contribution >= 4 is 15.7 Å². The van der Waals surface area contributed by atoms with Crippen molar-refractivity contribution in [1.29, 1.82) is 0 Å². The molecule has 5 nitrogen and oxygen atoms in total. The molecule has 20 heavy (non-hydrogen) atoms. The SMILES string of the molecule is CCN(c1ccccc1)S(=O)(=O)c1ccc(CNC)o1. The van der Waals surface area contributed by atoms with Crippen LogP contribution in [0.4, 0.5) is 5.69 Å². The zero-order valence-corrected chi connectivity index (χ0v) is 12.4. The molecule has 0 atom stereocenters. The van der Waals surface area contributed by atoms with Gasteiger partial charge in [-0.05, 0) is 38.2 Å². The van der Waals surface area contributed by atoms with Crippen LogP contribution < -0.4 is 9.62 Å². The summed E-state index contributed by atoms with van der Waals surface area (Å²) in [5.74, 6) is 0.593. The molecule has 0 radical (unpaired) electrons. The van der Waals surface area contributed by atoms with Gasteiger partial charge in [0.2, 0.25) is 5.09 Å². The van der Waals surface area contributed by atoms with Crippen LogP contribution in [0.3, 0.4) is 0 Å². The van der Waals surface area contributed by atoms with E-state index in [-0.39, 0.29) is 5.09 Å². The zero-order chi connectivity index (χ0) is 14.6. The lowest BCUT2D eigenvalue weighted by Gasteiger charge is -2.21. The molecule has 0 aliphatic carbocycles. The first-order valence-corrected chi connectivity index (χ1v) is 7.84. The third-order valence-electron chi connectivity index (χ3n) is 2.86. The summed E-state index contributed by atoms with van der Waals surface area (Å²) >= 11 is 0. The minimum atomic E-state index is -3.66. The number of furan rings is 1. The highest BCUT2D eigenvalue weighted by Gasteiger charge is 2.26. The van der Waals surface area contributed by atoms with Crippen molar-refractivity contribution in [1.82, 2.24) is 5.32 Å². The Kier molecular flexibility index (Phi) is 4.46. The van der Waals surface area contributed by atoms with Crippen LogP contribution in [0, 0.1) is 0 Å². The first kappa shape index (κ1) is 14.6. The molecule has 2 rings (SSSR count). The second-order valence-corrected chi connectivity index (χ2v) is 6.05. The quantitative estimate of drug-likeness (QED) is 0.887. The van der Waals surface area contributed by atoms with Crippen LogP contribution in [0.5, 0.6) is 0 Å². The number of hydrogen-bond acceptors (Lipinski definition) is 4. The van der Waals surface area contributed by atoms with Gasteiger partial charge in [-0.1, -0.05) is 18.2 Å². The highest BCUT2D eigenvalue weighted by molar-refractivity contribution is 7.92. The number of nitrogens with zero attached hydrogens (tertiary/aromatic N) is 1. The van der Waals surface area contributed by atoms with Gasteiger partial charge in [0.05, 0.1) is 12.2 Å². The van der Waals surface area contributed by atoms with Gasteiger partial charge in [0, 0.05) is 6.54 Å². The molecule has 0 saturated heterocycles. The summed E-state index contributed by atoms with van der Waals surface area (Å²) in [6.07, 6.45) is 0. The lowest BCUT2D eigenvalue weighted by atomic mass is 10.3. The molecule has 1 N–H and O–H groups in total.